The van der Waals surface area contributed by atoms with Crippen molar-refractivity contribution < 1.29 is 9.59 Å². The van der Waals surface area contributed by atoms with Gasteiger partial charge in [0.15, 0.2) is 0 Å². The standard InChI is InChI=1S/C27H32ClN3O2S/c1-2-22-11-5-6-15-30(22)16-8-14-29-26(32)19-31-23-12-3-4-13-24(23)34-25(27(31)33)18-20-9-7-10-21(28)17-20/h3-4,7,9-10,12-13,17-18,22H,2,5-6,8,11,14-16,19H2,1H3,(H,29,32)/b25-18+/t22-/m0/s1. The van der Waals surface area contributed by atoms with E-state index in [2.05, 4.69) is 17.1 Å². The van der Waals surface area contributed by atoms with E-state index in [0.717, 1.165) is 35.7 Å². The highest BCUT2D eigenvalue weighted by Crippen LogP contribution is 2.42. The predicted molar refractivity (Wildman–Crippen MR) is 141 cm³/mol. The van der Waals surface area contributed by atoms with Crippen LogP contribution in [0.15, 0.2) is 58.3 Å². The first-order valence-corrected chi connectivity index (χ1v) is 13.3. The molecule has 2 aromatic carbocycles. The minimum Gasteiger partial charge on any atom is -0.355 e. The first-order valence-electron chi connectivity index (χ1n) is 12.1. The molecule has 0 aromatic heterocycles. The van der Waals surface area contributed by atoms with Crippen LogP contribution < -0.4 is 10.2 Å². The average molecular weight is 498 g/mol. The first-order chi connectivity index (χ1) is 16.5. The minimum atomic E-state index is -0.169. The fourth-order valence-electron chi connectivity index (χ4n) is 4.69. The molecule has 0 saturated carbocycles. The average Bonchev–Trinajstić information content (AvgIpc) is 2.84. The number of carbonyl (C=O) groups excluding carboxylic acids is 2. The van der Waals surface area contributed by atoms with E-state index >= 15 is 0 Å². The Morgan fingerprint density at radius 3 is 2.88 bits per heavy atom. The molecule has 2 aliphatic heterocycles. The van der Waals surface area contributed by atoms with Crippen molar-refractivity contribution in [2.75, 3.05) is 31.1 Å². The smallest absolute Gasteiger partial charge is 0.265 e. The number of fused-ring (bicyclic) bond motifs is 1. The van der Waals surface area contributed by atoms with Crippen molar-refractivity contribution in [1.29, 1.82) is 0 Å². The van der Waals surface area contributed by atoms with Crippen LogP contribution in [0.3, 0.4) is 0 Å². The lowest BCUT2D eigenvalue weighted by molar-refractivity contribution is -0.122. The third kappa shape index (κ3) is 6.23. The number of halogens is 1. The summed E-state index contributed by atoms with van der Waals surface area (Å²) in [6.07, 6.45) is 7.81. The predicted octanol–water partition coefficient (Wildman–Crippen LogP) is 5.59. The Hall–Kier alpha value is -2.28. The van der Waals surface area contributed by atoms with Gasteiger partial charge in [-0.2, -0.15) is 0 Å². The monoisotopic (exact) mass is 497 g/mol. The van der Waals surface area contributed by atoms with Crippen molar-refractivity contribution >= 4 is 46.9 Å². The molecule has 1 atom stereocenters. The summed E-state index contributed by atoms with van der Waals surface area (Å²) in [5, 5.41) is 3.64. The summed E-state index contributed by atoms with van der Waals surface area (Å²) in [4.78, 5) is 31.8. The molecule has 1 fully saturated rings. The molecule has 2 aliphatic rings. The van der Waals surface area contributed by atoms with E-state index < -0.39 is 0 Å². The van der Waals surface area contributed by atoms with Crippen LogP contribution in [-0.4, -0.2) is 48.9 Å². The van der Waals surface area contributed by atoms with Crippen LogP contribution in [0, 0.1) is 0 Å². The number of para-hydroxylation sites is 1. The molecule has 1 saturated heterocycles. The second-order valence-corrected chi connectivity index (χ2v) is 10.3. The fourth-order valence-corrected chi connectivity index (χ4v) is 5.95. The molecule has 0 unspecified atom stereocenters. The molecule has 2 amide bonds. The number of benzene rings is 2. The molecule has 7 heteroatoms. The number of hydrogen-bond acceptors (Lipinski definition) is 4. The lowest BCUT2D eigenvalue weighted by Crippen LogP contribution is -2.44. The van der Waals surface area contributed by atoms with Crippen LogP contribution in [0.25, 0.3) is 6.08 Å². The van der Waals surface area contributed by atoms with Gasteiger partial charge in [-0.25, -0.2) is 0 Å². The van der Waals surface area contributed by atoms with Gasteiger partial charge < -0.3 is 10.2 Å². The van der Waals surface area contributed by atoms with E-state index in [1.807, 2.05) is 48.5 Å². The highest BCUT2D eigenvalue weighted by Gasteiger charge is 2.30. The van der Waals surface area contributed by atoms with Crippen molar-refractivity contribution in [3.8, 4) is 0 Å². The summed E-state index contributed by atoms with van der Waals surface area (Å²) in [5.74, 6) is -0.305. The van der Waals surface area contributed by atoms with Gasteiger partial charge in [0.05, 0.1) is 10.6 Å². The quantitative estimate of drug-likeness (QED) is 0.381. The van der Waals surface area contributed by atoms with E-state index in [-0.39, 0.29) is 18.4 Å². The molecular formula is C27H32ClN3O2S. The van der Waals surface area contributed by atoms with Gasteiger partial charge in [-0.3, -0.25) is 14.5 Å². The Morgan fingerprint density at radius 1 is 1.21 bits per heavy atom. The molecule has 34 heavy (non-hydrogen) atoms. The lowest BCUT2D eigenvalue weighted by Gasteiger charge is -2.35. The molecule has 4 rings (SSSR count). The second-order valence-electron chi connectivity index (χ2n) is 8.82. The van der Waals surface area contributed by atoms with E-state index in [4.69, 9.17) is 11.6 Å². The number of hydrogen-bond donors (Lipinski definition) is 1. The van der Waals surface area contributed by atoms with Crippen LogP contribution in [0.2, 0.25) is 5.02 Å². The van der Waals surface area contributed by atoms with Crippen LogP contribution in [0.1, 0.15) is 44.6 Å². The molecule has 2 heterocycles. The number of anilines is 1. The summed E-state index contributed by atoms with van der Waals surface area (Å²) >= 11 is 7.54. The van der Waals surface area contributed by atoms with Gasteiger partial charge in [0.2, 0.25) is 5.91 Å². The summed E-state index contributed by atoms with van der Waals surface area (Å²) in [6.45, 7) is 5.05. The van der Waals surface area contributed by atoms with E-state index in [1.165, 1.54) is 37.4 Å². The summed E-state index contributed by atoms with van der Waals surface area (Å²) < 4.78 is 0. The van der Waals surface area contributed by atoms with Crippen LogP contribution in [-0.2, 0) is 9.59 Å². The summed E-state index contributed by atoms with van der Waals surface area (Å²) in [7, 11) is 0. The maximum atomic E-state index is 13.3. The largest absolute Gasteiger partial charge is 0.355 e. The molecule has 180 valence electrons. The van der Waals surface area contributed by atoms with Crippen molar-refractivity contribution in [2.45, 2.75) is 50.0 Å². The Labute approximate surface area is 211 Å². The Kier molecular flexibility index (Phi) is 8.70. The number of nitrogens with one attached hydrogen (secondary N) is 1. The van der Waals surface area contributed by atoms with Crippen molar-refractivity contribution in [3.63, 3.8) is 0 Å². The van der Waals surface area contributed by atoms with Gasteiger partial charge in [0, 0.05) is 29.0 Å². The van der Waals surface area contributed by atoms with E-state index in [1.54, 1.807) is 11.0 Å². The maximum Gasteiger partial charge on any atom is 0.265 e. The van der Waals surface area contributed by atoms with Crippen molar-refractivity contribution in [1.82, 2.24) is 10.2 Å². The normalized spacial score (nSPS) is 19.8. The van der Waals surface area contributed by atoms with E-state index in [0.29, 0.717) is 22.5 Å². The number of piperidine rings is 1. The molecule has 0 aliphatic carbocycles. The third-order valence-corrected chi connectivity index (χ3v) is 7.76. The Morgan fingerprint density at radius 2 is 2.06 bits per heavy atom. The number of nitrogens with zero attached hydrogens (tertiary/aromatic N) is 2. The highest BCUT2D eigenvalue weighted by atomic mass is 35.5. The molecule has 1 N–H and O–H groups in total. The van der Waals surface area contributed by atoms with Crippen LogP contribution in [0.4, 0.5) is 5.69 Å². The van der Waals surface area contributed by atoms with Gasteiger partial charge in [-0.05, 0) is 68.1 Å². The highest BCUT2D eigenvalue weighted by molar-refractivity contribution is 8.04. The maximum absolute atomic E-state index is 13.3. The summed E-state index contributed by atoms with van der Waals surface area (Å²) in [6, 6.07) is 15.8. The zero-order chi connectivity index (χ0) is 23.9. The zero-order valence-electron chi connectivity index (χ0n) is 19.6. The summed E-state index contributed by atoms with van der Waals surface area (Å²) in [5.41, 5.74) is 1.63. The number of amides is 2. The van der Waals surface area contributed by atoms with Crippen molar-refractivity contribution in [2.24, 2.45) is 0 Å². The lowest BCUT2D eigenvalue weighted by atomic mass is 10.00. The number of likely N-dealkylation sites (tertiary alicyclic amines) is 1. The topological polar surface area (TPSA) is 52.7 Å². The zero-order valence-corrected chi connectivity index (χ0v) is 21.2. The molecule has 0 bridgehead atoms. The second kappa shape index (κ2) is 11.9. The Bertz CT molecular complexity index is 1060. The molecule has 0 radical (unpaired) electrons. The number of rotatable bonds is 8. The SMILES string of the molecule is CC[C@H]1CCCCN1CCCNC(=O)CN1C(=O)/C(=C\c2cccc(Cl)c2)Sc2ccccc21. The van der Waals surface area contributed by atoms with Gasteiger partial charge >= 0.3 is 0 Å². The third-order valence-electron chi connectivity index (χ3n) is 6.44. The first kappa shape index (κ1) is 24.8. The van der Waals surface area contributed by atoms with Gasteiger partial charge in [-0.15, -0.1) is 0 Å². The number of carbonyl (C=O) groups is 2. The molecular weight excluding hydrogens is 466 g/mol. The molecule has 2 aromatic rings. The van der Waals surface area contributed by atoms with Crippen LogP contribution in [0.5, 0.6) is 0 Å². The Balaban J connectivity index is 1.38. The van der Waals surface area contributed by atoms with Gasteiger partial charge in [-0.1, -0.05) is 61.0 Å². The molecule has 5 nitrogen and oxygen atoms in total. The fraction of sp³-hybridized carbons (Fsp3) is 0.407. The van der Waals surface area contributed by atoms with Crippen molar-refractivity contribution in [3.05, 3.63) is 64.0 Å². The van der Waals surface area contributed by atoms with Gasteiger partial charge in [0.1, 0.15) is 6.54 Å². The van der Waals surface area contributed by atoms with Gasteiger partial charge in [0.25, 0.3) is 5.91 Å². The number of thioether (sulfide) groups is 1. The van der Waals surface area contributed by atoms with Crippen LogP contribution >= 0.6 is 23.4 Å². The molecule has 0 spiro atoms. The minimum absolute atomic E-state index is 0.00456. The van der Waals surface area contributed by atoms with E-state index in [9.17, 15) is 9.59 Å².